The van der Waals surface area contributed by atoms with Crippen LogP contribution >= 0.6 is 23.2 Å². The highest BCUT2D eigenvalue weighted by Gasteiger charge is 2.29. The molecule has 2 atom stereocenters. The molecule has 0 saturated heterocycles. The van der Waals surface area contributed by atoms with Crippen molar-refractivity contribution in [2.75, 3.05) is 28.2 Å². The van der Waals surface area contributed by atoms with Gasteiger partial charge in [-0.05, 0) is 87.8 Å². The Bertz CT molecular complexity index is 1960. The molecule has 12 heteroatoms. The molecule has 6 rings (SSSR count). The molecule has 258 valence electrons. The molecule has 0 bridgehead atoms. The molecule has 0 aliphatic heterocycles. The van der Waals surface area contributed by atoms with Gasteiger partial charge in [-0.1, -0.05) is 59.6 Å². The molecule has 4 aromatic carbocycles. The number of carbonyl (C=O) groups excluding carboxylic acids is 2. The number of para-hydroxylation sites is 2. The number of hydrogen-bond donors (Lipinski definition) is 2. The van der Waals surface area contributed by atoms with Crippen molar-refractivity contribution in [3.63, 3.8) is 0 Å². The van der Waals surface area contributed by atoms with Crippen LogP contribution in [-0.4, -0.2) is 72.4 Å². The number of rotatable bonds is 12. The van der Waals surface area contributed by atoms with Crippen molar-refractivity contribution >= 4 is 56.9 Å². The highest BCUT2D eigenvalue weighted by atomic mass is 35.5. The van der Waals surface area contributed by atoms with Crippen LogP contribution in [0.4, 0.5) is 0 Å². The van der Waals surface area contributed by atoms with E-state index < -0.39 is 24.4 Å². The lowest BCUT2D eigenvalue weighted by atomic mass is 10.1. The average molecular weight is 716 g/mol. The van der Waals surface area contributed by atoms with Gasteiger partial charge in [-0.2, -0.15) is 0 Å². The number of esters is 2. The van der Waals surface area contributed by atoms with Gasteiger partial charge in [0.2, 0.25) is 0 Å². The molecule has 0 fully saturated rings. The Labute approximate surface area is 299 Å². The van der Waals surface area contributed by atoms with Crippen molar-refractivity contribution in [3.05, 3.63) is 118 Å². The summed E-state index contributed by atoms with van der Waals surface area (Å²) in [5.74, 6) is 0.0269. The molecule has 2 N–H and O–H groups in total. The molecule has 0 aliphatic carbocycles. The van der Waals surface area contributed by atoms with Crippen LogP contribution in [0.5, 0.6) is 23.0 Å². The minimum Gasteiger partial charge on any atom is -0.456 e. The van der Waals surface area contributed by atoms with Gasteiger partial charge in [0.15, 0.2) is 12.5 Å². The van der Waals surface area contributed by atoms with Gasteiger partial charge in [-0.3, -0.25) is 9.80 Å². The van der Waals surface area contributed by atoms with Crippen molar-refractivity contribution in [1.29, 1.82) is 0 Å². The van der Waals surface area contributed by atoms with E-state index in [1.165, 1.54) is 0 Å². The zero-order valence-electron chi connectivity index (χ0n) is 27.9. The average Bonchev–Trinajstić information content (AvgIpc) is 3.72. The van der Waals surface area contributed by atoms with E-state index in [4.69, 9.17) is 42.1 Å². The van der Waals surface area contributed by atoms with Crippen LogP contribution in [0.15, 0.2) is 97.3 Å². The third-order valence-corrected chi connectivity index (χ3v) is 8.95. The van der Waals surface area contributed by atoms with Gasteiger partial charge in [0.05, 0.1) is 10.0 Å². The van der Waals surface area contributed by atoms with Crippen LogP contribution in [0.1, 0.15) is 11.1 Å². The van der Waals surface area contributed by atoms with Crippen LogP contribution in [0, 0.1) is 0 Å². The summed E-state index contributed by atoms with van der Waals surface area (Å²) < 4.78 is 23.4. The van der Waals surface area contributed by atoms with Crippen LogP contribution < -0.4 is 9.47 Å². The van der Waals surface area contributed by atoms with Crippen molar-refractivity contribution in [1.82, 2.24) is 19.8 Å². The van der Waals surface area contributed by atoms with Crippen molar-refractivity contribution in [2.24, 2.45) is 0 Å². The monoisotopic (exact) mass is 714 g/mol. The predicted molar refractivity (Wildman–Crippen MR) is 194 cm³/mol. The number of fused-ring (bicyclic) bond motifs is 2. The van der Waals surface area contributed by atoms with E-state index in [2.05, 4.69) is 9.97 Å². The summed E-state index contributed by atoms with van der Waals surface area (Å²) in [5, 5.41) is 2.28. The summed E-state index contributed by atoms with van der Waals surface area (Å²) in [4.78, 5) is 36.2. The molecule has 2 heterocycles. The SMILES string of the molecule is CN(C)C(Cc1c[nH]c2ccc(Oc3ccccc3)c(Cl)c12)OC(=O)C(=O)OC(Cc1c[nH]c2ccc(Oc3ccccc3)c(Cl)c12)N(C)C. The van der Waals surface area contributed by atoms with Gasteiger partial charge >= 0.3 is 11.9 Å². The number of halogens is 2. The fraction of sp³-hybridized carbons (Fsp3) is 0.211. The number of aromatic nitrogens is 2. The summed E-state index contributed by atoms with van der Waals surface area (Å²) in [6, 6.07) is 26.0. The van der Waals surface area contributed by atoms with E-state index in [1.54, 1.807) is 62.5 Å². The lowest BCUT2D eigenvalue weighted by molar-refractivity contribution is -0.182. The number of nitrogens with zero attached hydrogens (tertiary/aromatic N) is 2. The second-order valence-corrected chi connectivity index (χ2v) is 12.9. The number of nitrogens with one attached hydrogen (secondary N) is 2. The summed E-state index contributed by atoms with van der Waals surface area (Å²) in [6.07, 6.45) is 2.46. The van der Waals surface area contributed by atoms with E-state index in [0.717, 1.165) is 32.9 Å². The highest BCUT2D eigenvalue weighted by Crippen LogP contribution is 2.39. The Morgan fingerprint density at radius 3 is 1.34 bits per heavy atom. The fourth-order valence-corrected chi connectivity index (χ4v) is 6.20. The number of H-pyrrole nitrogens is 2. The Morgan fingerprint density at radius 1 is 0.600 bits per heavy atom. The molecule has 6 aromatic rings. The number of hydrogen-bond acceptors (Lipinski definition) is 8. The topological polar surface area (TPSA) is 109 Å². The fourth-order valence-electron chi connectivity index (χ4n) is 5.55. The van der Waals surface area contributed by atoms with Gasteiger partial charge in [-0.15, -0.1) is 0 Å². The normalized spacial score (nSPS) is 12.7. The maximum Gasteiger partial charge on any atom is 0.419 e. The Morgan fingerprint density at radius 2 is 0.980 bits per heavy atom. The summed E-state index contributed by atoms with van der Waals surface area (Å²) in [5.41, 5.74) is 3.14. The molecule has 0 spiro atoms. The summed E-state index contributed by atoms with van der Waals surface area (Å²) in [6.45, 7) is 0. The Balaban J connectivity index is 1.15. The minimum atomic E-state index is -1.12. The molecule has 0 aliphatic rings. The summed E-state index contributed by atoms with van der Waals surface area (Å²) in [7, 11) is 7.01. The van der Waals surface area contributed by atoms with E-state index in [-0.39, 0.29) is 12.8 Å². The predicted octanol–water partition coefficient (Wildman–Crippen LogP) is 8.19. The number of benzene rings is 4. The molecule has 0 amide bonds. The zero-order chi connectivity index (χ0) is 35.4. The van der Waals surface area contributed by atoms with Gasteiger partial charge in [0, 0.05) is 47.0 Å². The number of likely N-dealkylation sites (N-methyl/N-ethyl adjacent to an activating group) is 2. The first-order valence-electron chi connectivity index (χ1n) is 15.9. The van der Waals surface area contributed by atoms with E-state index in [1.807, 2.05) is 72.8 Å². The first-order valence-corrected chi connectivity index (χ1v) is 16.6. The van der Waals surface area contributed by atoms with Crippen LogP contribution in [0.3, 0.4) is 0 Å². The quantitative estimate of drug-likeness (QED) is 0.0742. The van der Waals surface area contributed by atoms with Crippen molar-refractivity contribution < 1.29 is 28.5 Å². The standard InChI is InChI=1S/C38H36Cl2N4O6/c1-43(2)31(19-23-21-41-27-15-17-29(35(39)33(23)27)47-25-11-7-5-8-12-25)49-37(45)38(46)50-32(44(3)4)20-24-22-42-28-16-18-30(36(40)34(24)28)48-26-13-9-6-10-14-26/h5-18,21-22,31-32,41-42H,19-20H2,1-4H3. The number of aromatic amines is 2. The molecule has 10 nitrogen and oxygen atoms in total. The molecule has 0 saturated carbocycles. The largest absolute Gasteiger partial charge is 0.456 e. The van der Waals surface area contributed by atoms with Gasteiger partial charge in [-0.25, -0.2) is 9.59 Å². The molecular weight excluding hydrogens is 679 g/mol. The van der Waals surface area contributed by atoms with Crippen LogP contribution in [0.25, 0.3) is 21.8 Å². The molecule has 50 heavy (non-hydrogen) atoms. The summed E-state index contributed by atoms with van der Waals surface area (Å²) >= 11 is 13.7. The first-order chi connectivity index (χ1) is 24.1. The van der Waals surface area contributed by atoms with E-state index in [0.29, 0.717) is 33.0 Å². The van der Waals surface area contributed by atoms with E-state index in [9.17, 15) is 9.59 Å². The zero-order valence-corrected chi connectivity index (χ0v) is 29.4. The maximum atomic E-state index is 13.2. The smallest absolute Gasteiger partial charge is 0.419 e. The Hall–Kier alpha value is -5.00. The van der Waals surface area contributed by atoms with Gasteiger partial charge in [0.1, 0.15) is 23.0 Å². The second-order valence-electron chi connectivity index (χ2n) is 12.1. The molecule has 0 radical (unpaired) electrons. The molecular formula is C38H36Cl2N4O6. The van der Waals surface area contributed by atoms with Crippen LogP contribution in [-0.2, 0) is 31.9 Å². The Kier molecular flexibility index (Phi) is 10.6. The van der Waals surface area contributed by atoms with Crippen molar-refractivity contribution in [2.45, 2.75) is 25.3 Å². The minimum absolute atomic E-state index is 0.235. The third kappa shape index (κ3) is 7.74. The number of carbonyl (C=O) groups is 2. The molecule has 2 unspecified atom stereocenters. The third-order valence-electron chi connectivity index (χ3n) is 8.19. The van der Waals surface area contributed by atoms with Crippen molar-refractivity contribution in [3.8, 4) is 23.0 Å². The van der Waals surface area contributed by atoms with Gasteiger partial charge < -0.3 is 28.9 Å². The first kappa shape index (κ1) is 34.8. The lowest BCUT2D eigenvalue weighted by Crippen LogP contribution is -2.40. The second kappa shape index (κ2) is 15.3. The highest BCUT2D eigenvalue weighted by molar-refractivity contribution is 6.37. The van der Waals surface area contributed by atoms with Gasteiger partial charge in [0.25, 0.3) is 0 Å². The van der Waals surface area contributed by atoms with Crippen LogP contribution in [0.2, 0.25) is 10.0 Å². The number of ether oxygens (including phenoxy) is 4. The lowest BCUT2D eigenvalue weighted by Gasteiger charge is -2.26. The maximum absolute atomic E-state index is 13.2. The molecule has 2 aromatic heterocycles. The van der Waals surface area contributed by atoms with E-state index >= 15 is 0 Å².